The number of aliphatic hydroxyl groups excluding tert-OH is 1. The molecule has 76 valence electrons. The summed E-state index contributed by atoms with van der Waals surface area (Å²) >= 11 is 3.46. The number of aliphatic hydroxyl groups is 1. The van der Waals surface area contributed by atoms with Crippen molar-refractivity contribution in [2.75, 3.05) is 11.9 Å². The average Bonchev–Trinajstić information content (AvgIpc) is 2.38. The fraction of sp³-hybridized carbons (Fsp3) is 0.455. The Labute approximate surface area is 92.5 Å². The number of anilines is 1. The third kappa shape index (κ3) is 2.10. The summed E-state index contributed by atoms with van der Waals surface area (Å²) in [5.74, 6) is 0. The molecule has 0 aromatic heterocycles. The lowest BCUT2D eigenvalue weighted by atomic mass is 10.1. The second-order valence-corrected chi connectivity index (χ2v) is 4.63. The minimum absolute atomic E-state index is 0.213. The number of hydrogen-bond acceptors (Lipinski definition) is 2. The highest BCUT2D eigenvalue weighted by Crippen LogP contribution is 2.27. The number of hydrogen-bond donors (Lipinski definition) is 2. The van der Waals surface area contributed by atoms with E-state index in [2.05, 4.69) is 39.4 Å². The van der Waals surface area contributed by atoms with Gasteiger partial charge < -0.3 is 10.4 Å². The standard InChI is InChI=1S/C11H14BrNO/c12-9-5-4-8-2-1-3-10(7-14)13-11(8)6-9/h4-6,10,13-14H,1-3,7H2. The van der Waals surface area contributed by atoms with E-state index in [9.17, 15) is 0 Å². The normalized spacial score (nSPS) is 20.9. The molecule has 0 bridgehead atoms. The van der Waals surface area contributed by atoms with Crippen LogP contribution in [-0.4, -0.2) is 17.8 Å². The first-order valence-electron chi connectivity index (χ1n) is 4.95. The van der Waals surface area contributed by atoms with Crippen LogP contribution in [0.4, 0.5) is 5.69 Å². The van der Waals surface area contributed by atoms with Crippen LogP contribution in [0.25, 0.3) is 0 Å². The molecule has 14 heavy (non-hydrogen) atoms. The molecular weight excluding hydrogens is 242 g/mol. The fourth-order valence-corrected chi connectivity index (χ4v) is 2.23. The van der Waals surface area contributed by atoms with Crippen molar-refractivity contribution in [1.29, 1.82) is 0 Å². The molecule has 1 aliphatic heterocycles. The van der Waals surface area contributed by atoms with E-state index in [0.29, 0.717) is 0 Å². The summed E-state index contributed by atoms with van der Waals surface area (Å²) in [6.07, 6.45) is 3.29. The maximum Gasteiger partial charge on any atom is 0.0632 e. The largest absolute Gasteiger partial charge is 0.394 e. The minimum Gasteiger partial charge on any atom is -0.394 e. The lowest BCUT2D eigenvalue weighted by Crippen LogP contribution is -2.22. The Morgan fingerprint density at radius 2 is 2.36 bits per heavy atom. The summed E-state index contributed by atoms with van der Waals surface area (Å²) in [5, 5.41) is 12.5. The first kappa shape index (κ1) is 9.99. The van der Waals surface area contributed by atoms with Crippen LogP contribution in [0.15, 0.2) is 22.7 Å². The Bertz CT molecular complexity index is 327. The van der Waals surface area contributed by atoms with Gasteiger partial charge in [-0.25, -0.2) is 0 Å². The predicted molar refractivity (Wildman–Crippen MR) is 61.6 cm³/mol. The van der Waals surface area contributed by atoms with Crippen molar-refractivity contribution in [1.82, 2.24) is 0 Å². The molecule has 2 rings (SSSR count). The summed E-state index contributed by atoms with van der Waals surface area (Å²) in [7, 11) is 0. The monoisotopic (exact) mass is 255 g/mol. The van der Waals surface area contributed by atoms with Crippen LogP contribution < -0.4 is 5.32 Å². The lowest BCUT2D eigenvalue weighted by Gasteiger charge is -2.15. The van der Waals surface area contributed by atoms with Crippen LogP contribution in [0.5, 0.6) is 0 Å². The van der Waals surface area contributed by atoms with Gasteiger partial charge in [-0.3, -0.25) is 0 Å². The van der Waals surface area contributed by atoms with Crippen LogP contribution >= 0.6 is 15.9 Å². The number of rotatable bonds is 1. The van der Waals surface area contributed by atoms with Crippen molar-refractivity contribution in [2.24, 2.45) is 0 Å². The van der Waals surface area contributed by atoms with E-state index in [1.807, 2.05) is 0 Å². The van der Waals surface area contributed by atoms with Crippen LogP contribution in [-0.2, 0) is 6.42 Å². The zero-order valence-electron chi connectivity index (χ0n) is 7.96. The van der Waals surface area contributed by atoms with Crippen LogP contribution in [0.3, 0.4) is 0 Å². The fourth-order valence-electron chi connectivity index (χ4n) is 1.87. The summed E-state index contributed by atoms with van der Waals surface area (Å²) in [4.78, 5) is 0. The second-order valence-electron chi connectivity index (χ2n) is 3.72. The summed E-state index contributed by atoms with van der Waals surface area (Å²) in [6, 6.07) is 6.51. The molecule has 1 aromatic rings. The van der Waals surface area contributed by atoms with Gasteiger partial charge in [-0.15, -0.1) is 0 Å². The zero-order valence-corrected chi connectivity index (χ0v) is 9.55. The number of nitrogens with one attached hydrogen (secondary N) is 1. The minimum atomic E-state index is 0.213. The zero-order chi connectivity index (χ0) is 9.97. The summed E-state index contributed by atoms with van der Waals surface area (Å²) < 4.78 is 1.09. The Balaban J connectivity index is 2.28. The van der Waals surface area contributed by atoms with E-state index in [1.165, 1.54) is 5.56 Å². The number of benzene rings is 1. The van der Waals surface area contributed by atoms with Gasteiger partial charge in [-0.1, -0.05) is 22.0 Å². The summed E-state index contributed by atoms with van der Waals surface area (Å²) in [6.45, 7) is 0.214. The predicted octanol–water partition coefficient (Wildman–Crippen LogP) is 2.56. The molecule has 2 N–H and O–H groups in total. The molecule has 1 aromatic carbocycles. The van der Waals surface area contributed by atoms with E-state index in [4.69, 9.17) is 5.11 Å². The van der Waals surface area contributed by atoms with E-state index in [0.717, 1.165) is 29.4 Å². The van der Waals surface area contributed by atoms with Crippen LogP contribution in [0.2, 0.25) is 0 Å². The highest BCUT2D eigenvalue weighted by atomic mass is 79.9. The maximum atomic E-state index is 9.14. The first-order chi connectivity index (χ1) is 6.79. The van der Waals surface area contributed by atoms with Crippen LogP contribution in [0.1, 0.15) is 18.4 Å². The molecule has 1 aliphatic rings. The number of aryl methyl sites for hydroxylation is 1. The summed E-state index contributed by atoms with van der Waals surface area (Å²) in [5.41, 5.74) is 2.51. The SMILES string of the molecule is OCC1CCCc2ccc(Br)cc2N1. The van der Waals surface area contributed by atoms with Crippen molar-refractivity contribution in [3.05, 3.63) is 28.2 Å². The molecule has 1 atom stereocenters. The van der Waals surface area contributed by atoms with Gasteiger partial charge in [0, 0.05) is 16.2 Å². The highest BCUT2D eigenvalue weighted by Gasteiger charge is 2.14. The van der Waals surface area contributed by atoms with Crippen molar-refractivity contribution in [3.63, 3.8) is 0 Å². The molecule has 0 saturated heterocycles. The third-order valence-electron chi connectivity index (χ3n) is 2.65. The molecule has 1 heterocycles. The molecule has 3 heteroatoms. The Morgan fingerprint density at radius 1 is 1.50 bits per heavy atom. The Hall–Kier alpha value is -0.540. The molecule has 0 radical (unpaired) electrons. The van der Waals surface area contributed by atoms with E-state index < -0.39 is 0 Å². The molecule has 0 aliphatic carbocycles. The Morgan fingerprint density at radius 3 is 3.14 bits per heavy atom. The molecular formula is C11H14BrNO. The second kappa shape index (κ2) is 4.32. The van der Waals surface area contributed by atoms with Crippen molar-refractivity contribution in [3.8, 4) is 0 Å². The smallest absolute Gasteiger partial charge is 0.0632 e. The first-order valence-corrected chi connectivity index (χ1v) is 5.74. The van der Waals surface area contributed by atoms with Crippen molar-refractivity contribution < 1.29 is 5.11 Å². The molecule has 0 amide bonds. The quantitative estimate of drug-likeness (QED) is 0.809. The van der Waals surface area contributed by atoms with Gasteiger partial charge in [0.2, 0.25) is 0 Å². The van der Waals surface area contributed by atoms with Gasteiger partial charge in [0.1, 0.15) is 0 Å². The molecule has 0 fully saturated rings. The molecule has 1 unspecified atom stereocenters. The number of fused-ring (bicyclic) bond motifs is 1. The van der Waals surface area contributed by atoms with Gasteiger partial charge in [-0.2, -0.15) is 0 Å². The van der Waals surface area contributed by atoms with E-state index in [1.54, 1.807) is 0 Å². The average molecular weight is 256 g/mol. The van der Waals surface area contributed by atoms with Gasteiger partial charge >= 0.3 is 0 Å². The van der Waals surface area contributed by atoms with E-state index >= 15 is 0 Å². The van der Waals surface area contributed by atoms with Gasteiger partial charge in [-0.05, 0) is 37.0 Å². The van der Waals surface area contributed by atoms with Gasteiger partial charge in [0.25, 0.3) is 0 Å². The topological polar surface area (TPSA) is 32.3 Å². The molecule has 0 saturated carbocycles. The van der Waals surface area contributed by atoms with E-state index in [-0.39, 0.29) is 12.6 Å². The number of halogens is 1. The van der Waals surface area contributed by atoms with Gasteiger partial charge in [0.05, 0.1) is 6.61 Å². The third-order valence-corrected chi connectivity index (χ3v) is 3.14. The van der Waals surface area contributed by atoms with Gasteiger partial charge in [0.15, 0.2) is 0 Å². The van der Waals surface area contributed by atoms with Crippen molar-refractivity contribution >= 4 is 21.6 Å². The van der Waals surface area contributed by atoms with Crippen LogP contribution in [0, 0.1) is 0 Å². The highest BCUT2D eigenvalue weighted by molar-refractivity contribution is 9.10. The maximum absolute atomic E-state index is 9.14. The lowest BCUT2D eigenvalue weighted by molar-refractivity contribution is 0.268. The molecule has 0 spiro atoms. The molecule has 2 nitrogen and oxygen atoms in total. The Kier molecular flexibility index (Phi) is 3.08. The van der Waals surface area contributed by atoms with Crippen molar-refractivity contribution in [2.45, 2.75) is 25.3 Å².